The first kappa shape index (κ1) is 21.8. The van der Waals surface area contributed by atoms with E-state index in [-0.39, 0.29) is 29.0 Å². The second-order valence-electron chi connectivity index (χ2n) is 8.35. The zero-order valence-electron chi connectivity index (χ0n) is 18.5. The fourth-order valence-electron chi connectivity index (χ4n) is 3.73. The molecule has 0 saturated heterocycles. The second kappa shape index (κ2) is 9.24. The van der Waals surface area contributed by atoms with Crippen LogP contribution in [-0.2, 0) is 6.54 Å². The molecule has 30 heavy (non-hydrogen) atoms. The highest BCUT2D eigenvalue weighted by Crippen LogP contribution is 2.32. The number of fused-ring (bicyclic) bond motifs is 1. The Hall–Kier alpha value is -2.95. The normalized spacial score (nSPS) is 11.4. The summed E-state index contributed by atoms with van der Waals surface area (Å²) in [7, 11) is 0. The van der Waals surface area contributed by atoms with Gasteiger partial charge in [0.15, 0.2) is 5.69 Å². The van der Waals surface area contributed by atoms with Gasteiger partial charge in [0.25, 0.3) is 11.5 Å². The molecule has 2 aromatic carbocycles. The predicted molar refractivity (Wildman–Crippen MR) is 123 cm³/mol. The maximum Gasteiger partial charge on any atom is 0.276 e. The molecule has 0 atom stereocenters. The van der Waals surface area contributed by atoms with Gasteiger partial charge in [0.05, 0.1) is 5.39 Å². The van der Waals surface area contributed by atoms with Crippen LogP contribution in [0.1, 0.15) is 80.9 Å². The first-order valence-corrected chi connectivity index (χ1v) is 10.8. The number of nitrogens with one attached hydrogen (secondary N) is 1. The van der Waals surface area contributed by atoms with Crippen LogP contribution in [0.3, 0.4) is 0 Å². The topological polar surface area (TPSA) is 64.0 Å². The van der Waals surface area contributed by atoms with E-state index in [1.165, 1.54) is 4.68 Å². The van der Waals surface area contributed by atoms with Crippen LogP contribution in [0.5, 0.6) is 0 Å². The summed E-state index contributed by atoms with van der Waals surface area (Å²) in [5, 5.41) is 8.72. The summed E-state index contributed by atoms with van der Waals surface area (Å²) in [6, 6.07) is 13.4. The molecule has 0 bridgehead atoms. The molecule has 0 saturated carbocycles. The number of rotatable bonds is 7. The van der Waals surface area contributed by atoms with E-state index in [0.717, 1.165) is 29.7 Å². The van der Waals surface area contributed by atoms with Crippen LogP contribution in [0.15, 0.2) is 47.3 Å². The molecule has 0 aliphatic carbocycles. The van der Waals surface area contributed by atoms with Crippen LogP contribution in [0, 0.1) is 0 Å². The first-order valence-electron chi connectivity index (χ1n) is 10.8. The molecule has 5 nitrogen and oxygen atoms in total. The van der Waals surface area contributed by atoms with Crippen molar-refractivity contribution in [1.82, 2.24) is 9.78 Å². The molecule has 0 radical (unpaired) electrons. The summed E-state index contributed by atoms with van der Waals surface area (Å²) >= 11 is 0. The van der Waals surface area contributed by atoms with Crippen molar-refractivity contribution >= 4 is 22.4 Å². The van der Waals surface area contributed by atoms with Crippen molar-refractivity contribution in [2.24, 2.45) is 0 Å². The number of unbranched alkanes of at least 4 members (excludes halogenated alkanes) is 1. The maximum atomic E-state index is 13.4. The number of benzene rings is 2. The van der Waals surface area contributed by atoms with Crippen molar-refractivity contribution in [1.29, 1.82) is 0 Å². The number of para-hydroxylation sites is 1. The Bertz CT molecular complexity index is 1090. The largest absolute Gasteiger partial charge is 0.320 e. The van der Waals surface area contributed by atoms with Crippen molar-refractivity contribution in [2.45, 2.75) is 65.8 Å². The minimum Gasteiger partial charge on any atom is -0.320 e. The van der Waals surface area contributed by atoms with Gasteiger partial charge in [-0.3, -0.25) is 9.59 Å². The van der Waals surface area contributed by atoms with Crippen molar-refractivity contribution in [3.63, 3.8) is 0 Å². The minimum atomic E-state index is -0.286. The summed E-state index contributed by atoms with van der Waals surface area (Å²) in [6.07, 6.45) is 1.78. The third kappa shape index (κ3) is 4.30. The smallest absolute Gasteiger partial charge is 0.276 e. The second-order valence-corrected chi connectivity index (χ2v) is 8.35. The fourth-order valence-corrected chi connectivity index (χ4v) is 3.73. The maximum absolute atomic E-state index is 13.4. The quantitative estimate of drug-likeness (QED) is 0.549. The van der Waals surface area contributed by atoms with E-state index in [1.54, 1.807) is 12.1 Å². The summed E-state index contributed by atoms with van der Waals surface area (Å²) in [4.78, 5) is 26.2. The molecule has 3 rings (SSSR count). The SMILES string of the molecule is CCCCn1nc(C(=O)Nc2c(C(C)C)cccc2C(C)C)c2ccccc2c1=O. The van der Waals surface area contributed by atoms with Crippen LogP contribution < -0.4 is 10.9 Å². The van der Waals surface area contributed by atoms with Gasteiger partial charge in [0.1, 0.15) is 0 Å². The zero-order chi connectivity index (χ0) is 21.8. The third-order valence-electron chi connectivity index (χ3n) is 5.42. The molecule has 0 unspecified atom stereocenters. The van der Waals surface area contributed by atoms with Gasteiger partial charge < -0.3 is 5.32 Å². The Balaban J connectivity index is 2.13. The minimum absolute atomic E-state index is 0.152. The van der Waals surface area contributed by atoms with E-state index < -0.39 is 0 Å². The van der Waals surface area contributed by atoms with Crippen molar-refractivity contribution < 1.29 is 4.79 Å². The van der Waals surface area contributed by atoms with E-state index in [0.29, 0.717) is 17.3 Å². The molecule has 1 amide bonds. The summed E-state index contributed by atoms with van der Waals surface area (Å²) in [5.74, 6) is 0.246. The van der Waals surface area contributed by atoms with Crippen LogP contribution >= 0.6 is 0 Å². The lowest BCUT2D eigenvalue weighted by Gasteiger charge is -2.20. The summed E-state index contributed by atoms with van der Waals surface area (Å²) in [5.41, 5.74) is 3.18. The van der Waals surface area contributed by atoms with Crippen LogP contribution in [0.25, 0.3) is 10.8 Å². The van der Waals surface area contributed by atoms with Gasteiger partial charge >= 0.3 is 0 Å². The van der Waals surface area contributed by atoms with Gasteiger partial charge in [-0.1, -0.05) is 77.4 Å². The molecule has 5 heteroatoms. The number of carbonyl (C=O) groups excluding carboxylic acids is 1. The first-order chi connectivity index (χ1) is 14.3. The lowest BCUT2D eigenvalue weighted by molar-refractivity contribution is 0.102. The predicted octanol–water partition coefficient (Wildman–Crippen LogP) is 5.70. The molecule has 0 fully saturated rings. The van der Waals surface area contributed by atoms with Gasteiger partial charge in [-0.25, -0.2) is 4.68 Å². The standard InChI is InChI=1S/C25H31N3O2/c1-6-7-15-28-25(30)21-12-9-8-11-20(21)23(27-28)24(29)26-22-18(16(2)3)13-10-14-19(22)17(4)5/h8-14,16-17H,6-7,15H2,1-5H3,(H,26,29). The van der Waals surface area contributed by atoms with Crippen molar-refractivity contribution in [2.75, 3.05) is 5.32 Å². The van der Waals surface area contributed by atoms with E-state index in [1.807, 2.05) is 18.2 Å². The Morgan fingerprint density at radius 2 is 1.57 bits per heavy atom. The number of hydrogen-bond acceptors (Lipinski definition) is 3. The average Bonchev–Trinajstić information content (AvgIpc) is 2.73. The number of aryl methyl sites for hydroxylation is 1. The Morgan fingerprint density at radius 3 is 2.13 bits per heavy atom. The number of amides is 1. The highest BCUT2D eigenvalue weighted by Gasteiger charge is 2.20. The third-order valence-corrected chi connectivity index (χ3v) is 5.42. The Kier molecular flexibility index (Phi) is 6.70. The molecule has 1 N–H and O–H groups in total. The number of carbonyl (C=O) groups is 1. The molecular weight excluding hydrogens is 374 g/mol. The van der Waals surface area contributed by atoms with Crippen LogP contribution in [0.4, 0.5) is 5.69 Å². The van der Waals surface area contributed by atoms with E-state index in [9.17, 15) is 9.59 Å². The van der Waals surface area contributed by atoms with E-state index >= 15 is 0 Å². The molecule has 1 heterocycles. The van der Waals surface area contributed by atoms with Crippen molar-refractivity contribution in [3.8, 4) is 0 Å². The monoisotopic (exact) mass is 405 g/mol. The number of hydrogen-bond donors (Lipinski definition) is 1. The van der Waals surface area contributed by atoms with Gasteiger partial charge in [-0.2, -0.15) is 5.10 Å². The Labute approximate surface area is 178 Å². The van der Waals surface area contributed by atoms with Crippen LogP contribution in [-0.4, -0.2) is 15.7 Å². The average molecular weight is 406 g/mol. The molecule has 3 aromatic rings. The summed E-state index contributed by atoms with van der Waals surface area (Å²) < 4.78 is 1.43. The van der Waals surface area contributed by atoms with Gasteiger partial charge in [-0.15, -0.1) is 0 Å². The lowest BCUT2D eigenvalue weighted by atomic mass is 9.92. The highest BCUT2D eigenvalue weighted by atomic mass is 16.2. The molecule has 0 aliphatic heterocycles. The van der Waals surface area contributed by atoms with Gasteiger partial charge in [-0.05, 0) is 35.4 Å². The van der Waals surface area contributed by atoms with E-state index in [4.69, 9.17) is 0 Å². The molecule has 0 aliphatic rings. The molecule has 158 valence electrons. The Morgan fingerprint density at radius 1 is 0.967 bits per heavy atom. The van der Waals surface area contributed by atoms with Crippen LogP contribution in [0.2, 0.25) is 0 Å². The zero-order valence-corrected chi connectivity index (χ0v) is 18.5. The summed E-state index contributed by atoms with van der Waals surface area (Å²) in [6.45, 7) is 11.0. The lowest BCUT2D eigenvalue weighted by Crippen LogP contribution is -2.28. The van der Waals surface area contributed by atoms with Crippen molar-refractivity contribution in [3.05, 3.63) is 69.6 Å². The molecule has 0 spiro atoms. The number of nitrogens with zero attached hydrogens (tertiary/aromatic N) is 2. The molecule has 1 aromatic heterocycles. The highest BCUT2D eigenvalue weighted by molar-refractivity contribution is 6.11. The number of anilines is 1. The van der Waals surface area contributed by atoms with Gasteiger partial charge in [0.2, 0.25) is 0 Å². The van der Waals surface area contributed by atoms with E-state index in [2.05, 4.69) is 57.2 Å². The van der Waals surface area contributed by atoms with Gasteiger partial charge in [0, 0.05) is 17.6 Å². The molecular formula is C25H31N3O2. The number of aromatic nitrogens is 2. The fraction of sp³-hybridized carbons (Fsp3) is 0.400.